The van der Waals surface area contributed by atoms with Crippen molar-refractivity contribution in [2.45, 2.75) is 27.0 Å². The fraction of sp³-hybridized carbons (Fsp3) is 0.211. The number of hydrogen-bond donors (Lipinski definition) is 0. The third-order valence-electron chi connectivity index (χ3n) is 3.92. The maximum atomic E-state index is 12.5. The Morgan fingerprint density at radius 1 is 1.12 bits per heavy atom. The van der Waals surface area contributed by atoms with Crippen molar-refractivity contribution in [1.29, 1.82) is 0 Å². The average Bonchev–Trinajstić information content (AvgIpc) is 2.89. The maximum absolute atomic E-state index is 12.5. The Kier molecular flexibility index (Phi) is 5.14. The van der Waals surface area contributed by atoms with Crippen LogP contribution >= 0.6 is 11.6 Å². The van der Waals surface area contributed by atoms with E-state index in [-0.39, 0.29) is 12.6 Å². The van der Waals surface area contributed by atoms with Crippen molar-refractivity contribution in [3.8, 4) is 0 Å². The first kappa shape index (κ1) is 17.2. The number of pyridine rings is 1. The van der Waals surface area contributed by atoms with E-state index in [1.807, 2.05) is 48.9 Å². The van der Waals surface area contributed by atoms with E-state index in [1.54, 1.807) is 18.3 Å². The van der Waals surface area contributed by atoms with Gasteiger partial charge < -0.3 is 4.74 Å². The van der Waals surface area contributed by atoms with Crippen LogP contribution in [0.1, 0.15) is 32.9 Å². The quantitative estimate of drug-likeness (QED) is 0.513. The maximum Gasteiger partial charge on any atom is 0.342 e. The van der Waals surface area contributed by atoms with Crippen molar-refractivity contribution in [2.24, 2.45) is 0 Å². The van der Waals surface area contributed by atoms with Crippen molar-refractivity contribution in [1.82, 2.24) is 14.8 Å². The molecule has 1 aromatic carbocycles. The SMILES string of the molecule is Cc1nn(Cc2ccccc2)c(C)c1C(=O)OCc1ccc(Cl)nc1. The van der Waals surface area contributed by atoms with Gasteiger partial charge in [0.05, 0.1) is 17.9 Å². The van der Waals surface area contributed by atoms with Gasteiger partial charge in [0.15, 0.2) is 0 Å². The Balaban J connectivity index is 1.73. The third kappa shape index (κ3) is 4.06. The van der Waals surface area contributed by atoms with Gasteiger partial charge in [-0.3, -0.25) is 4.68 Å². The minimum Gasteiger partial charge on any atom is -0.457 e. The Hall–Kier alpha value is -2.66. The van der Waals surface area contributed by atoms with Crippen LogP contribution in [0.4, 0.5) is 0 Å². The number of halogens is 1. The smallest absolute Gasteiger partial charge is 0.342 e. The minimum atomic E-state index is -0.385. The van der Waals surface area contributed by atoms with Crippen molar-refractivity contribution >= 4 is 17.6 Å². The van der Waals surface area contributed by atoms with E-state index in [1.165, 1.54) is 0 Å². The Labute approximate surface area is 151 Å². The molecule has 0 saturated carbocycles. The normalized spacial score (nSPS) is 10.7. The summed E-state index contributed by atoms with van der Waals surface area (Å²) in [7, 11) is 0. The van der Waals surface area contributed by atoms with Crippen molar-refractivity contribution in [2.75, 3.05) is 0 Å². The number of benzene rings is 1. The van der Waals surface area contributed by atoms with Crippen LogP contribution in [-0.4, -0.2) is 20.7 Å². The van der Waals surface area contributed by atoms with E-state index < -0.39 is 0 Å². The van der Waals surface area contributed by atoms with Gasteiger partial charge in [0.2, 0.25) is 0 Å². The molecule has 0 N–H and O–H groups in total. The van der Waals surface area contributed by atoms with Crippen LogP contribution in [0.5, 0.6) is 0 Å². The number of rotatable bonds is 5. The fourth-order valence-electron chi connectivity index (χ4n) is 2.62. The van der Waals surface area contributed by atoms with E-state index in [4.69, 9.17) is 16.3 Å². The average molecular weight is 356 g/mol. The highest BCUT2D eigenvalue weighted by atomic mass is 35.5. The number of aromatic nitrogens is 3. The standard InChI is InChI=1S/C19H18ClN3O2/c1-13-18(19(24)25-12-16-8-9-17(20)21-10-16)14(2)23(22-13)11-15-6-4-3-5-7-15/h3-10H,11-12H2,1-2H3. The molecule has 0 unspecified atom stereocenters. The van der Waals surface area contributed by atoms with Gasteiger partial charge in [-0.1, -0.05) is 48.0 Å². The molecule has 0 aliphatic heterocycles. The van der Waals surface area contributed by atoms with Crippen LogP contribution in [0.15, 0.2) is 48.7 Å². The molecule has 3 rings (SSSR count). The van der Waals surface area contributed by atoms with Gasteiger partial charge in [0, 0.05) is 11.8 Å². The highest BCUT2D eigenvalue weighted by Crippen LogP contribution is 2.17. The van der Waals surface area contributed by atoms with Crippen LogP contribution < -0.4 is 0 Å². The number of carbonyl (C=O) groups excluding carboxylic acids is 1. The molecule has 5 nitrogen and oxygen atoms in total. The summed E-state index contributed by atoms with van der Waals surface area (Å²) in [6.45, 7) is 4.45. The molecule has 128 valence electrons. The number of esters is 1. The molecule has 0 fully saturated rings. The van der Waals surface area contributed by atoms with Gasteiger partial charge in [-0.15, -0.1) is 0 Å². The molecular weight excluding hydrogens is 338 g/mol. The first-order valence-electron chi connectivity index (χ1n) is 7.90. The molecule has 6 heteroatoms. The molecule has 0 amide bonds. The zero-order valence-electron chi connectivity index (χ0n) is 14.1. The molecule has 2 heterocycles. The summed E-state index contributed by atoms with van der Waals surface area (Å²) in [6.07, 6.45) is 1.59. The topological polar surface area (TPSA) is 57.0 Å². The van der Waals surface area contributed by atoms with E-state index in [2.05, 4.69) is 10.1 Å². The van der Waals surface area contributed by atoms with Gasteiger partial charge in [0.1, 0.15) is 17.3 Å². The molecule has 2 aromatic heterocycles. The summed E-state index contributed by atoms with van der Waals surface area (Å²) in [6, 6.07) is 13.4. The second-order valence-electron chi connectivity index (χ2n) is 5.75. The third-order valence-corrected chi connectivity index (χ3v) is 4.14. The molecule has 0 aliphatic rings. The molecule has 0 saturated heterocycles. The Morgan fingerprint density at radius 2 is 1.88 bits per heavy atom. The van der Waals surface area contributed by atoms with Crippen molar-refractivity contribution < 1.29 is 9.53 Å². The lowest BCUT2D eigenvalue weighted by Gasteiger charge is -2.07. The molecule has 0 spiro atoms. The Bertz CT molecular complexity index is 874. The molecular formula is C19H18ClN3O2. The second-order valence-corrected chi connectivity index (χ2v) is 6.14. The van der Waals surface area contributed by atoms with Crippen molar-refractivity contribution in [3.63, 3.8) is 0 Å². The van der Waals surface area contributed by atoms with Gasteiger partial charge in [0.25, 0.3) is 0 Å². The zero-order chi connectivity index (χ0) is 17.8. The predicted octanol–water partition coefficient (Wildman–Crippen LogP) is 3.95. The monoisotopic (exact) mass is 355 g/mol. The summed E-state index contributed by atoms with van der Waals surface area (Å²) in [4.78, 5) is 16.4. The zero-order valence-corrected chi connectivity index (χ0v) is 14.8. The summed E-state index contributed by atoms with van der Waals surface area (Å²) in [5.74, 6) is -0.385. The van der Waals surface area contributed by atoms with Crippen LogP contribution in [0.25, 0.3) is 0 Å². The lowest BCUT2D eigenvalue weighted by Crippen LogP contribution is -2.09. The number of nitrogens with zero attached hydrogens (tertiary/aromatic N) is 3. The Morgan fingerprint density at radius 3 is 2.56 bits per heavy atom. The first-order chi connectivity index (χ1) is 12.0. The minimum absolute atomic E-state index is 0.145. The lowest BCUT2D eigenvalue weighted by molar-refractivity contribution is 0.0470. The van der Waals surface area contributed by atoms with Crippen LogP contribution in [0, 0.1) is 13.8 Å². The highest BCUT2D eigenvalue weighted by Gasteiger charge is 2.20. The highest BCUT2D eigenvalue weighted by molar-refractivity contribution is 6.29. The summed E-state index contributed by atoms with van der Waals surface area (Å²) in [5, 5.41) is 4.89. The number of carbonyl (C=O) groups is 1. The summed E-state index contributed by atoms with van der Waals surface area (Å²) in [5.41, 5.74) is 3.87. The van der Waals surface area contributed by atoms with Gasteiger partial charge in [-0.05, 0) is 25.5 Å². The van der Waals surface area contributed by atoms with Crippen LogP contribution in [0.2, 0.25) is 5.15 Å². The number of hydrogen-bond acceptors (Lipinski definition) is 4. The van der Waals surface area contributed by atoms with E-state index in [0.29, 0.717) is 23.0 Å². The molecule has 0 radical (unpaired) electrons. The summed E-state index contributed by atoms with van der Waals surface area (Å²) < 4.78 is 7.23. The van der Waals surface area contributed by atoms with E-state index in [0.717, 1.165) is 16.8 Å². The molecule has 3 aromatic rings. The molecule has 25 heavy (non-hydrogen) atoms. The predicted molar refractivity (Wildman–Crippen MR) is 95.6 cm³/mol. The van der Waals surface area contributed by atoms with Crippen LogP contribution in [0.3, 0.4) is 0 Å². The molecule has 0 atom stereocenters. The van der Waals surface area contributed by atoms with E-state index in [9.17, 15) is 4.79 Å². The molecule has 0 bridgehead atoms. The van der Waals surface area contributed by atoms with Gasteiger partial charge in [-0.25, -0.2) is 9.78 Å². The van der Waals surface area contributed by atoms with Crippen LogP contribution in [-0.2, 0) is 17.9 Å². The lowest BCUT2D eigenvalue weighted by atomic mass is 10.2. The fourth-order valence-corrected chi connectivity index (χ4v) is 2.73. The number of ether oxygens (including phenoxy) is 1. The van der Waals surface area contributed by atoms with Gasteiger partial charge in [-0.2, -0.15) is 5.10 Å². The van der Waals surface area contributed by atoms with Gasteiger partial charge >= 0.3 is 5.97 Å². The number of aryl methyl sites for hydroxylation is 1. The van der Waals surface area contributed by atoms with Crippen molar-refractivity contribution in [3.05, 3.63) is 81.9 Å². The first-order valence-corrected chi connectivity index (χ1v) is 8.28. The largest absolute Gasteiger partial charge is 0.457 e. The summed E-state index contributed by atoms with van der Waals surface area (Å²) >= 11 is 5.75. The second kappa shape index (κ2) is 7.49. The molecule has 0 aliphatic carbocycles. The van der Waals surface area contributed by atoms with E-state index >= 15 is 0 Å².